The molecule has 0 aliphatic carbocycles. The van der Waals surface area contributed by atoms with Crippen molar-refractivity contribution in [1.29, 1.82) is 0 Å². The molecule has 1 N–H and O–H groups in total. The molecule has 2 heterocycles. The Hall–Kier alpha value is -2.25. The van der Waals surface area contributed by atoms with Crippen LogP contribution in [0.25, 0.3) is 11.3 Å². The fourth-order valence-electron chi connectivity index (χ4n) is 2.32. The molecule has 2 aromatic rings. The van der Waals surface area contributed by atoms with Gasteiger partial charge in [-0.15, -0.1) is 0 Å². The minimum atomic E-state index is -1.17. The van der Waals surface area contributed by atoms with E-state index in [4.69, 9.17) is 9.15 Å². The van der Waals surface area contributed by atoms with Crippen LogP contribution in [-0.4, -0.2) is 47.3 Å². The van der Waals surface area contributed by atoms with E-state index >= 15 is 0 Å². The zero-order chi connectivity index (χ0) is 15.5. The molecule has 0 amide bonds. The van der Waals surface area contributed by atoms with Crippen LogP contribution in [0.5, 0.6) is 0 Å². The van der Waals surface area contributed by atoms with E-state index in [1.165, 1.54) is 24.3 Å². The second-order valence-electron chi connectivity index (χ2n) is 4.99. The number of carbonyl (C=O) groups is 1. The Morgan fingerprint density at radius 2 is 1.95 bits per heavy atom. The molecule has 0 unspecified atom stereocenters. The normalized spacial score (nSPS) is 15.9. The molecule has 0 atom stereocenters. The first kappa shape index (κ1) is 14.7. The molecule has 0 saturated carbocycles. The first-order valence-electron chi connectivity index (χ1n) is 6.92. The summed E-state index contributed by atoms with van der Waals surface area (Å²) >= 11 is 0. The fraction of sp³-hybridized carbons (Fsp3) is 0.333. The number of morpholine rings is 1. The maximum atomic E-state index is 13.0. The number of nitrogens with zero attached hydrogens (tertiary/aromatic N) is 2. The van der Waals surface area contributed by atoms with Crippen molar-refractivity contribution in [2.45, 2.75) is 6.54 Å². The van der Waals surface area contributed by atoms with Gasteiger partial charge in [0, 0.05) is 18.7 Å². The third-order valence-corrected chi connectivity index (χ3v) is 3.44. The van der Waals surface area contributed by atoms with Gasteiger partial charge in [-0.25, -0.2) is 14.2 Å². The van der Waals surface area contributed by atoms with Gasteiger partial charge in [-0.3, -0.25) is 4.90 Å². The van der Waals surface area contributed by atoms with Crippen LogP contribution in [0.15, 0.2) is 28.7 Å². The van der Waals surface area contributed by atoms with Gasteiger partial charge in [-0.2, -0.15) is 0 Å². The lowest BCUT2D eigenvalue weighted by molar-refractivity contribution is 0.0306. The Balaban J connectivity index is 1.88. The molecule has 1 aromatic carbocycles. The fourth-order valence-corrected chi connectivity index (χ4v) is 2.32. The van der Waals surface area contributed by atoms with Gasteiger partial charge in [0.15, 0.2) is 11.5 Å². The van der Waals surface area contributed by atoms with Crippen molar-refractivity contribution in [3.05, 3.63) is 41.7 Å². The molecule has 116 valence electrons. The minimum Gasteiger partial charge on any atom is -0.476 e. The maximum Gasteiger partial charge on any atom is 0.358 e. The minimum absolute atomic E-state index is 0.149. The quantitative estimate of drug-likeness (QED) is 0.931. The number of rotatable bonds is 4. The Bertz CT molecular complexity index is 663. The maximum absolute atomic E-state index is 13.0. The van der Waals surface area contributed by atoms with Gasteiger partial charge in [0.25, 0.3) is 0 Å². The van der Waals surface area contributed by atoms with Gasteiger partial charge in [0.05, 0.1) is 19.8 Å². The van der Waals surface area contributed by atoms with E-state index in [-0.39, 0.29) is 11.5 Å². The molecule has 1 saturated heterocycles. The van der Waals surface area contributed by atoms with E-state index in [0.29, 0.717) is 31.2 Å². The first-order valence-corrected chi connectivity index (χ1v) is 6.92. The molecule has 0 bridgehead atoms. The Labute approximate surface area is 126 Å². The number of aromatic nitrogens is 1. The number of halogens is 1. The third kappa shape index (κ3) is 3.15. The zero-order valence-electron chi connectivity index (χ0n) is 11.8. The smallest absolute Gasteiger partial charge is 0.358 e. The van der Waals surface area contributed by atoms with E-state index in [9.17, 15) is 14.3 Å². The Kier molecular flexibility index (Phi) is 4.17. The summed E-state index contributed by atoms with van der Waals surface area (Å²) in [6.07, 6.45) is 0. The van der Waals surface area contributed by atoms with Crippen molar-refractivity contribution in [2.24, 2.45) is 0 Å². The summed E-state index contributed by atoms with van der Waals surface area (Å²) in [7, 11) is 0. The second-order valence-corrected chi connectivity index (χ2v) is 4.99. The molecule has 1 aliphatic heterocycles. The number of oxazole rings is 1. The number of carboxylic acid groups (broad SMARTS) is 1. The highest BCUT2D eigenvalue weighted by atomic mass is 19.1. The van der Waals surface area contributed by atoms with Crippen LogP contribution in [0.3, 0.4) is 0 Å². The molecule has 1 aromatic heterocycles. The summed E-state index contributed by atoms with van der Waals surface area (Å²) in [5.41, 5.74) is 0.328. The lowest BCUT2D eigenvalue weighted by Crippen LogP contribution is -2.35. The highest BCUT2D eigenvalue weighted by Gasteiger charge is 2.22. The number of benzene rings is 1. The Morgan fingerprint density at radius 3 is 2.59 bits per heavy atom. The Morgan fingerprint density at radius 1 is 1.27 bits per heavy atom. The van der Waals surface area contributed by atoms with Gasteiger partial charge < -0.3 is 14.3 Å². The first-order chi connectivity index (χ1) is 10.6. The van der Waals surface area contributed by atoms with E-state index in [0.717, 1.165) is 13.1 Å². The van der Waals surface area contributed by atoms with E-state index < -0.39 is 11.8 Å². The highest BCUT2D eigenvalue weighted by molar-refractivity contribution is 5.92. The number of hydrogen-bond acceptors (Lipinski definition) is 5. The molecule has 1 fully saturated rings. The summed E-state index contributed by atoms with van der Waals surface area (Å²) in [6.45, 7) is 3.19. The summed E-state index contributed by atoms with van der Waals surface area (Å²) in [4.78, 5) is 17.5. The number of ether oxygens (including phenoxy) is 1. The average molecular weight is 306 g/mol. The van der Waals surface area contributed by atoms with Crippen molar-refractivity contribution in [2.75, 3.05) is 26.3 Å². The van der Waals surface area contributed by atoms with E-state index in [2.05, 4.69) is 9.88 Å². The van der Waals surface area contributed by atoms with E-state index in [1.807, 2.05) is 0 Å². The molecule has 22 heavy (non-hydrogen) atoms. The molecule has 3 rings (SSSR count). The standard InChI is InChI=1S/C15H15FN2O4/c16-11-3-1-10(2-4-11)14-13(15(19)20)17-12(22-14)9-18-5-7-21-8-6-18/h1-4H,5-9H2,(H,19,20). The number of carboxylic acids is 1. The van der Waals surface area contributed by atoms with Crippen molar-refractivity contribution < 1.29 is 23.4 Å². The lowest BCUT2D eigenvalue weighted by atomic mass is 10.1. The van der Waals surface area contributed by atoms with Crippen molar-refractivity contribution in [1.82, 2.24) is 9.88 Å². The van der Waals surface area contributed by atoms with Gasteiger partial charge in [-0.05, 0) is 24.3 Å². The van der Waals surface area contributed by atoms with Crippen molar-refractivity contribution in [3.8, 4) is 11.3 Å². The van der Waals surface area contributed by atoms with Crippen molar-refractivity contribution >= 4 is 5.97 Å². The third-order valence-electron chi connectivity index (χ3n) is 3.44. The zero-order valence-corrected chi connectivity index (χ0v) is 11.8. The van der Waals surface area contributed by atoms with Gasteiger partial charge in [0.1, 0.15) is 5.82 Å². The number of hydrogen-bond donors (Lipinski definition) is 1. The van der Waals surface area contributed by atoms with E-state index in [1.54, 1.807) is 0 Å². The molecule has 1 aliphatic rings. The molecule has 0 radical (unpaired) electrons. The van der Waals surface area contributed by atoms with Crippen LogP contribution in [0, 0.1) is 5.82 Å². The predicted octanol–water partition coefficient (Wildman–Crippen LogP) is 2.01. The van der Waals surface area contributed by atoms with Crippen LogP contribution >= 0.6 is 0 Å². The van der Waals surface area contributed by atoms with Gasteiger partial charge in [0.2, 0.25) is 5.89 Å². The van der Waals surface area contributed by atoms with Crippen LogP contribution < -0.4 is 0 Å². The number of aromatic carboxylic acids is 1. The summed E-state index contributed by atoms with van der Waals surface area (Å²) < 4.78 is 23.9. The van der Waals surface area contributed by atoms with Crippen LogP contribution in [0.1, 0.15) is 16.4 Å². The molecule has 7 heteroatoms. The molecular formula is C15H15FN2O4. The molecular weight excluding hydrogens is 291 g/mol. The highest BCUT2D eigenvalue weighted by Crippen LogP contribution is 2.26. The predicted molar refractivity (Wildman–Crippen MR) is 75.0 cm³/mol. The van der Waals surface area contributed by atoms with Crippen LogP contribution in [0.4, 0.5) is 4.39 Å². The largest absolute Gasteiger partial charge is 0.476 e. The van der Waals surface area contributed by atoms with Gasteiger partial charge in [-0.1, -0.05) is 0 Å². The molecule has 6 nitrogen and oxygen atoms in total. The monoisotopic (exact) mass is 306 g/mol. The van der Waals surface area contributed by atoms with Gasteiger partial charge >= 0.3 is 5.97 Å². The topological polar surface area (TPSA) is 75.8 Å². The average Bonchev–Trinajstić information content (AvgIpc) is 2.93. The van der Waals surface area contributed by atoms with Crippen LogP contribution in [-0.2, 0) is 11.3 Å². The van der Waals surface area contributed by atoms with Crippen molar-refractivity contribution in [3.63, 3.8) is 0 Å². The summed E-state index contributed by atoms with van der Waals surface area (Å²) in [5.74, 6) is -1.08. The summed E-state index contributed by atoms with van der Waals surface area (Å²) in [5, 5.41) is 9.27. The van der Waals surface area contributed by atoms with Crippen LogP contribution in [0.2, 0.25) is 0 Å². The summed E-state index contributed by atoms with van der Waals surface area (Å²) in [6, 6.07) is 5.46. The lowest BCUT2D eigenvalue weighted by Gasteiger charge is -2.24. The SMILES string of the molecule is O=C(O)c1nc(CN2CCOCC2)oc1-c1ccc(F)cc1. The second kappa shape index (κ2) is 6.25. The molecule has 0 spiro atoms.